The van der Waals surface area contributed by atoms with E-state index < -0.39 is 0 Å². The maximum atomic E-state index is 12.2. The number of piperazine rings is 1. The van der Waals surface area contributed by atoms with Gasteiger partial charge in [0.2, 0.25) is 5.91 Å². The molecule has 3 rings (SSSR count). The number of unbranched alkanes of at least 4 members (excludes halogenated alkanes) is 1. The highest BCUT2D eigenvalue weighted by Crippen LogP contribution is 2.28. The fraction of sp³-hybridized carbons (Fsp3) is 0.480. The van der Waals surface area contributed by atoms with E-state index in [1.54, 1.807) is 7.11 Å². The molecule has 1 aliphatic rings. The molecule has 0 aromatic heterocycles. The third-order valence-electron chi connectivity index (χ3n) is 5.79. The molecule has 0 bridgehead atoms. The van der Waals surface area contributed by atoms with Gasteiger partial charge in [-0.25, -0.2) is 0 Å². The lowest BCUT2D eigenvalue weighted by Crippen LogP contribution is -2.46. The number of hydrogen-bond donors (Lipinski definition) is 1. The van der Waals surface area contributed by atoms with Gasteiger partial charge in [-0.1, -0.05) is 38.1 Å². The van der Waals surface area contributed by atoms with E-state index in [-0.39, 0.29) is 5.91 Å². The minimum absolute atomic E-state index is 0.105. The average molecular weight is 410 g/mol. The van der Waals surface area contributed by atoms with Crippen LogP contribution in [0.2, 0.25) is 0 Å². The van der Waals surface area contributed by atoms with E-state index in [9.17, 15) is 4.79 Å². The van der Waals surface area contributed by atoms with Crippen molar-refractivity contribution in [3.05, 3.63) is 54.1 Å². The van der Waals surface area contributed by atoms with Gasteiger partial charge in [0, 0.05) is 38.3 Å². The van der Waals surface area contributed by atoms with Crippen molar-refractivity contribution in [3.8, 4) is 5.75 Å². The normalized spacial score (nSPS) is 14.7. The highest BCUT2D eigenvalue weighted by atomic mass is 16.5. The first kappa shape index (κ1) is 22.2. The molecule has 2 aromatic carbocycles. The molecule has 0 unspecified atom stereocenters. The fourth-order valence-electron chi connectivity index (χ4n) is 3.90. The number of carbonyl (C=O) groups is 1. The highest BCUT2D eigenvalue weighted by molar-refractivity contribution is 5.90. The Morgan fingerprint density at radius 3 is 2.37 bits per heavy atom. The number of methoxy groups -OCH3 is 1. The summed E-state index contributed by atoms with van der Waals surface area (Å²) in [5.41, 5.74) is 3.36. The van der Waals surface area contributed by atoms with Crippen molar-refractivity contribution in [3.63, 3.8) is 0 Å². The van der Waals surface area contributed by atoms with Crippen LogP contribution in [0.25, 0.3) is 0 Å². The van der Waals surface area contributed by atoms with Gasteiger partial charge in [0.15, 0.2) is 0 Å². The molecule has 0 radical (unpaired) electrons. The number of nitrogens with one attached hydrogen (secondary N) is 1. The predicted octanol–water partition coefficient (Wildman–Crippen LogP) is 4.75. The molecule has 1 saturated heterocycles. The zero-order chi connectivity index (χ0) is 21.3. The number of para-hydroxylation sites is 2. The molecular weight excluding hydrogens is 374 g/mol. The standard InChI is InChI=1S/C25H35N3O2/c1-20(2)21-11-13-22(14-12-21)26-25(29)10-6-7-15-27-16-18-28(19-17-27)23-8-4-5-9-24(23)30-3/h4-5,8-9,11-14,20H,6-7,10,15-19H2,1-3H3,(H,26,29). The SMILES string of the molecule is COc1ccccc1N1CCN(CCCCC(=O)Nc2ccc(C(C)C)cc2)CC1. The quantitative estimate of drug-likeness (QED) is 0.607. The Balaban J connectivity index is 1.33. The number of anilines is 2. The van der Waals surface area contributed by atoms with Gasteiger partial charge in [-0.2, -0.15) is 0 Å². The minimum atomic E-state index is 0.105. The van der Waals surface area contributed by atoms with Crippen LogP contribution in [0.15, 0.2) is 48.5 Å². The lowest BCUT2D eigenvalue weighted by Gasteiger charge is -2.36. The first-order valence-electron chi connectivity index (χ1n) is 11.1. The Morgan fingerprint density at radius 1 is 1.00 bits per heavy atom. The second kappa shape index (κ2) is 11.0. The smallest absolute Gasteiger partial charge is 0.224 e. The Hall–Kier alpha value is -2.53. The van der Waals surface area contributed by atoms with Gasteiger partial charge in [-0.05, 0) is 55.1 Å². The van der Waals surface area contributed by atoms with Gasteiger partial charge >= 0.3 is 0 Å². The summed E-state index contributed by atoms with van der Waals surface area (Å²) in [7, 11) is 1.73. The molecule has 5 heteroatoms. The summed E-state index contributed by atoms with van der Waals surface area (Å²) in [5, 5.41) is 3.01. The summed E-state index contributed by atoms with van der Waals surface area (Å²) >= 11 is 0. The number of ether oxygens (including phenoxy) is 1. The Bertz CT molecular complexity index is 796. The first-order valence-corrected chi connectivity index (χ1v) is 11.1. The molecule has 1 amide bonds. The summed E-state index contributed by atoms with van der Waals surface area (Å²) < 4.78 is 5.49. The zero-order valence-corrected chi connectivity index (χ0v) is 18.6. The summed E-state index contributed by atoms with van der Waals surface area (Å²) in [6.07, 6.45) is 2.55. The fourth-order valence-corrected chi connectivity index (χ4v) is 3.90. The largest absolute Gasteiger partial charge is 0.495 e. The molecule has 2 aromatic rings. The number of amides is 1. The van der Waals surface area contributed by atoms with Crippen LogP contribution < -0.4 is 15.0 Å². The van der Waals surface area contributed by atoms with Crippen molar-refractivity contribution in [2.75, 3.05) is 50.1 Å². The lowest BCUT2D eigenvalue weighted by molar-refractivity contribution is -0.116. The van der Waals surface area contributed by atoms with Gasteiger partial charge in [0.25, 0.3) is 0 Å². The number of benzene rings is 2. The minimum Gasteiger partial charge on any atom is -0.495 e. The van der Waals surface area contributed by atoms with Crippen molar-refractivity contribution in [2.24, 2.45) is 0 Å². The number of carbonyl (C=O) groups excluding carboxylic acids is 1. The summed E-state index contributed by atoms with van der Waals surface area (Å²) in [6, 6.07) is 16.4. The predicted molar refractivity (Wildman–Crippen MR) is 125 cm³/mol. The highest BCUT2D eigenvalue weighted by Gasteiger charge is 2.19. The van der Waals surface area contributed by atoms with Crippen LogP contribution in [0.4, 0.5) is 11.4 Å². The Labute approximate surface area is 181 Å². The van der Waals surface area contributed by atoms with Crippen LogP contribution in [0.5, 0.6) is 5.75 Å². The summed E-state index contributed by atoms with van der Waals surface area (Å²) in [4.78, 5) is 17.1. The second-order valence-electron chi connectivity index (χ2n) is 8.28. The van der Waals surface area contributed by atoms with Gasteiger partial charge in [-0.3, -0.25) is 9.69 Å². The van der Waals surface area contributed by atoms with Crippen molar-refractivity contribution in [2.45, 2.75) is 39.0 Å². The van der Waals surface area contributed by atoms with Crippen molar-refractivity contribution in [1.82, 2.24) is 4.90 Å². The molecule has 0 aliphatic carbocycles. The van der Waals surface area contributed by atoms with Crippen LogP contribution >= 0.6 is 0 Å². The van der Waals surface area contributed by atoms with Gasteiger partial charge in [0.05, 0.1) is 12.8 Å². The Kier molecular flexibility index (Phi) is 8.14. The van der Waals surface area contributed by atoms with Crippen LogP contribution in [-0.4, -0.2) is 50.6 Å². The molecule has 30 heavy (non-hydrogen) atoms. The number of hydrogen-bond acceptors (Lipinski definition) is 4. The zero-order valence-electron chi connectivity index (χ0n) is 18.6. The van der Waals surface area contributed by atoms with Gasteiger partial charge < -0.3 is 15.0 Å². The maximum Gasteiger partial charge on any atom is 0.224 e. The van der Waals surface area contributed by atoms with E-state index in [0.29, 0.717) is 12.3 Å². The van der Waals surface area contributed by atoms with Crippen LogP contribution in [0, 0.1) is 0 Å². The van der Waals surface area contributed by atoms with E-state index in [1.165, 1.54) is 11.3 Å². The van der Waals surface area contributed by atoms with Crippen LogP contribution in [-0.2, 0) is 4.79 Å². The number of rotatable bonds is 9. The van der Waals surface area contributed by atoms with E-state index >= 15 is 0 Å². The number of nitrogens with zero attached hydrogens (tertiary/aromatic N) is 2. The van der Waals surface area contributed by atoms with Gasteiger partial charge in [0.1, 0.15) is 5.75 Å². The van der Waals surface area contributed by atoms with Crippen LogP contribution in [0.1, 0.15) is 44.6 Å². The van der Waals surface area contributed by atoms with Crippen molar-refractivity contribution >= 4 is 17.3 Å². The molecule has 0 atom stereocenters. The van der Waals surface area contributed by atoms with E-state index in [2.05, 4.69) is 53.2 Å². The third kappa shape index (κ3) is 6.23. The molecule has 1 heterocycles. The molecule has 1 fully saturated rings. The molecule has 1 N–H and O–H groups in total. The van der Waals surface area contributed by atoms with Crippen molar-refractivity contribution < 1.29 is 9.53 Å². The molecule has 1 aliphatic heterocycles. The Morgan fingerprint density at radius 2 is 1.70 bits per heavy atom. The summed E-state index contributed by atoms with van der Waals surface area (Å²) in [6.45, 7) is 9.51. The second-order valence-corrected chi connectivity index (χ2v) is 8.28. The molecule has 0 saturated carbocycles. The molecular formula is C25H35N3O2. The van der Waals surface area contributed by atoms with Crippen LogP contribution in [0.3, 0.4) is 0 Å². The third-order valence-corrected chi connectivity index (χ3v) is 5.79. The van der Waals surface area contributed by atoms with Gasteiger partial charge in [-0.15, -0.1) is 0 Å². The lowest BCUT2D eigenvalue weighted by atomic mass is 10.0. The molecule has 162 valence electrons. The monoisotopic (exact) mass is 409 g/mol. The molecule has 0 spiro atoms. The first-order chi connectivity index (χ1) is 14.6. The van der Waals surface area contributed by atoms with E-state index in [4.69, 9.17) is 4.74 Å². The molecule has 5 nitrogen and oxygen atoms in total. The van der Waals surface area contributed by atoms with Crippen molar-refractivity contribution in [1.29, 1.82) is 0 Å². The maximum absolute atomic E-state index is 12.2. The van der Waals surface area contributed by atoms with E-state index in [1.807, 2.05) is 24.3 Å². The topological polar surface area (TPSA) is 44.8 Å². The van der Waals surface area contributed by atoms with E-state index in [0.717, 1.165) is 57.0 Å². The average Bonchev–Trinajstić information content (AvgIpc) is 2.77. The summed E-state index contributed by atoms with van der Waals surface area (Å²) in [5.74, 6) is 1.55.